The molecule has 11 nitrogen and oxygen atoms in total. The molecule has 1 saturated heterocycles. The van der Waals surface area contributed by atoms with Crippen LogP contribution >= 0.6 is 23.2 Å². The molecular formula is C28H27Cl2N5O6. The summed E-state index contributed by atoms with van der Waals surface area (Å²) in [4.78, 5) is 71.3. The van der Waals surface area contributed by atoms with Gasteiger partial charge in [0.2, 0.25) is 17.6 Å². The van der Waals surface area contributed by atoms with Gasteiger partial charge in [0.15, 0.2) is 12.4 Å². The van der Waals surface area contributed by atoms with Crippen molar-refractivity contribution in [3.05, 3.63) is 75.7 Å². The van der Waals surface area contributed by atoms with Gasteiger partial charge in [-0.3, -0.25) is 19.2 Å². The largest absolute Gasteiger partial charge is 0.454 e. The Morgan fingerprint density at radius 3 is 2.51 bits per heavy atom. The van der Waals surface area contributed by atoms with E-state index in [2.05, 4.69) is 25.9 Å². The highest BCUT2D eigenvalue weighted by molar-refractivity contribution is 6.39. The zero-order chi connectivity index (χ0) is 29.5. The van der Waals surface area contributed by atoms with E-state index in [1.807, 2.05) is 6.92 Å². The number of ketones is 1. The molecule has 0 bridgehead atoms. The Labute approximate surface area is 245 Å². The van der Waals surface area contributed by atoms with Gasteiger partial charge in [0.25, 0.3) is 5.91 Å². The Kier molecular flexibility index (Phi) is 9.74. The maximum Gasteiger partial charge on any atom is 0.341 e. The third-order valence-corrected chi connectivity index (χ3v) is 6.95. The SMILES string of the molecule is CCC[C@H](NC(=O)c1nc2ccccc2[nH]1)C(=O)N/C(=C/[C@@H]1CCNC1=O)C(=O)COC(=O)c1c(Cl)cccc1Cl. The lowest BCUT2D eigenvalue weighted by molar-refractivity contribution is -0.125. The van der Waals surface area contributed by atoms with E-state index in [-0.39, 0.29) is 39.5 Å². The van der Waals surface area contributed by atoms with E-state index in [9.17, 15) is 24.0 Å². The number of aromatic nitrogens is 2. The third kappa shape index (κ3) is 7.30. The quantitative estimate of drug-likeness (QED) is 0.194. The van der Waals surface area contributed by atoms with E-state index in [4.69, 9.17) is 27.9 Å². The summed E-state index contributed by atoms with van der Waals surface area (Å²) in [6, 6.07) is 10.5. The van der Waals surface area contributed by atoms with Gasteiger partial charge in [-0.15, -0.1) is 0 Å². The number of ether oxygens (including phenoxy) is 1. The summed E-state index contributed by atoms with van der Waals surface area (Å²) in [5.41, 5.74) is 0.902. The standard InChI is InChI=1S/C28H27Cl2N5O6/c1-2-6-20(34-27(39)24-32-18-9-3-4-10-19(18)33-24)26(38)35-21(13-15-11-12-31-25(15)37)22(36)14-41-28(40)23-16(29)7-5-8-17(23)30/h3-5,7-10,13,15,20H,2,6,11-12,14H2,1H3,(H,31,37)(H,32,33)(H,34,39)(H,35,38)/b21-13+/t15-,20-/m0/s1. The van der Waals surface area contributed by atoms with Gasteiger partial charge in [-0.05, 0) is 43.2 Å². The monoisotopic (exact) mass is 599 g/mol. The normalized spacial score (nSPS) is 15.7. The fourth-order valence-corrected chi connectivity index (χ4v) is 4.77. The number of carbonyl (C=O) groups excluding carboxylic acids is 5. The van der Waals surface area contributed by atoms with Crippen molar-refractivity contribution in [2.45, 2.75) is 32.2 Å². The van der Waals surface area contributed by atoms with Crippen LogP contribution < -0.4 is 16.0 Å². The van der Waals surface area contributed by atoms with Crippen molar-refractivity contribution in [3.8, 4) is 0 Å². The number of Topliss-reactive ketones (excluding diaryl/α,β-unsaturated/α-hetero) is 1. The average Bonchev–Trinajstić information content (AvgIpc) is 3.56. The number of benzene rings is 2. The van der Waals surface area contributed by atoms with Crippen molar-refractivity contribution in [2.24, 2.45) is 5.92 Å². The Hall–Kier alpha value is -4.22. The summed E-state index contributed by atoms with van der Waals surface area (Å²) in [6.45, 7) is 1.48. The first-order valence-corrected chi connectivity index (χ1v) is 13.6. The number of fused-ring (bicyclic) bond motifs is 1. The second kappa shape index (κ2) is 13.4. The van der Waals surface area contributed by atoms with Crippen LogP contribution in [-0.4, -0.2) is 58.6 Å². The maximum absolute atomic E-state index is 13.3. The topological polar surface area (TPSA) is 159 Å². The number of hydrogen-bond acceptors (Lipinski definition) is 7. The van der Waals surface area contributed by atoms with Gasteiger partial charge in [-0.2, -0.15) is 0 Å². The van der Waals surface area contributed by atoms with Gasteiger partial charge in [0.05, 0.1) is 38.3 Å². The summed E-state index contributed by atoms with van der Waals surface area (Å²) < 4.78 is 5.13. The van der Waals surface area contributed by atoms with Crippen molar-refractivity contribution in [2.75, 3.05) is 13.2 Å². The molecule has 0 saturated carbocycles. The molecule has 1 fully saturated rings. The molecule has 214 valence electrons. The second-order valence-corrected chi connectivity index (χ2v) is 10.1. The number of rotatable bonds is 11. The number of hydrogen-bond donors (Lipinski definition) is 4. The average molecular weight is 600 g/mol. The lowest BCUT2D eigenvalue weighted by Crippen LogP contribution is -2.47. The smallest absolute Gasteiger partial charge is 0.341 e. The Balaban J connectivity index is 1.49. The van der Waals surface area contributed by atoms with Crippen molar-refractivity contribution in [1.29, 1.82) is 0 Å². The summed E-state index contributed by atoms with van der Waals surface area (Å²) in [5.74, 6) is -3.96. The highest BCUT2D eigenvalue weighted by Gasteiger charge is 2.28. The van der Waals surface area contributed by atoms with Crippen LogP contribution in [0.2, 0.25) is 10.0 Å². The van der Waals surface area contributed by atoms with E-state index >= 15 is 0 Å². The molecule has 3 aromatic rings. The minimum absolute atomic E-state index is 0.0275. The molecule has 2 atom stereocenters. The predicted octanol–water partition coefficient (Wildman–Crippen LogP) is 3.33. The number of para-hydroxylation sites is 2. The van der Waals surface area contributed by atoms with Crippen LogP contribution in [-0.2, 0) is 19.1 Å². The molecule has 41 heavy (non-hydrogen) atoms. The number of imidazole rings is 1. The summed E-state index contributed by atoms with van der Waals surface area (Å²) in [7, 11) is 0. The van der Waals surface area contributed by atoms with Gasteiger partial charge in [0.1, 0.15) is 6.04 Å². The number of halogens is 2. The van der Waals surface area contributed by atoms with E-state index in [1.165, 1.54) is 18.2 Å². The van der Waals surface area contributed by atoms with Crippen LogP contribution in [0.15, 0.2) is 54.2 Å². The van der Waals surface area contributed by atoms with Crippen LogP contribution in [0.25, 0.3) is 11.0 Å². The van der Waals surface area contributed by atoms with Gasteiger partial charge in [-0.25, -0.2) is 9.78 Å². The van der Waals surface area contributed by atoms with Crippen molar-refractivity contribution >= 4 is 63.7 Å². The molecule has 2 aromatic carbocycles. The van der Waals surface area contributed by atoms with Crippen molar-refractivity contribution in [3.63, 3.8) is 0 Å². The lowest BCUT2D eigenvalue weighted by atomic mass is 10.0. The molecule has 0 unspecified atom stereocenters. The number of nitrogens with zero attached hydrogens (tertiary/aromatic N) is 1. The van der Waals surface area contributed by atoms with E-state index in [0.29, 0.717) is 30.4 Å². The lowest BCUT2D eigenvalue weighted by Gasteiger charge is -2.19. The third-order valence-electron chi connectivity index (χ3n) is 6.32. The molecule has 1 aromatic heterocycles. The number of H-pyrrole nitrogens is 1. The summed E-state index contributed by atoms with van der Waals surface area (Å²) >= 11 is 12.1. The highest BCUT2D eigenvalue weighted by Crippen LogP contribution is 2.25. The Morgan fingerprint density at radius 2 is 1.85 bits per heavy atom. The van der Waals surface area contributed by atoms with Gasteiger partial charge in [0, 0.05) is 6.54 Å². The molecule has 0 spiro atoms. The minimum Gasteiger partial charge on any atom is -0.454 e. The van der Waals surface area contributed by atoms with Crippen LogP contribution in [0.5, 0.6) is 0 Å². The van der Waals surface area contributed by atoms with E-state index in [0.717, 1.165) is 0 Å². The molecule has 4 rings (SSSR count). The first-order chi connectivity index (χ1) is 19.7. The molecule has 1 aliphatic rings. The van der Waals surface area contributed by atoms with Gasteiger partial charge >= 0.3 is 5.97 Å². The molecule has 1 aliphatic heterocycles. The fourth-order valence-electron chi connectivity index (χ4n) is 4.22. The molecule has 2 heterocycles. The highest BCUT2D eigenvalue weighted by atomic mass is 35.5. The summed E-state index contributed by atoms with van der Waals surface area (Å²) in [6.07, 6.45) is 2.51. The Morgan fingerprint density at radius 1 is 1.12 bits per heavy atom. The number of carbonyl (C=O) groups is 5. The molecule has 3 amide bonds. The summed E-state index contributed by atoms with van der Waals surface area (Å²) in [5, 5.41) is 7.92. The molecular weight excluding hydrogens is 573 g/mol. The van der Waals surface area contributed by atoms with Gasteiger partial charge < -0.3 is 25.7 Å². The van der Waals surface area contributed by atoms with Crippen LogP contribution in [0.3, 0.4) is 0 Å². The number of esters is 1. The van der Waals surface area contributed by atoms with Gasteiger partial charge in [-0.1, -0.05) is 54.7 Å². The maximum atomic E-state index is 13.3. The number of amides is 3. The fraction of sp³-hybridized carbons (Fsp3) is 0.286. The molecule has 4 N–H and O–H groups in total. The van der Waals surface area contributed by atoms with Crippen molar-refractivity contribution < 1.29 is 28.7 Å². The molecule has 13 heteroatoms. The second-order valence-electron chi connectivity index (χ2n) is 9.27. The van der Waals surface area contributed by atoms with E-state index < -0.39 is 42.1 Å². The molecule has 0 radical (unpaired) electrons. The molecule has 0 aliphatic carbocycles. The first-order valence-electron chi connectivity index (χ1n) is 12.9. The Bertz CT molecular complexity index is 1480. The van der Waals surface area contributed by atoms with Crippen LogP contribution in [0.4, 0.5) is 0 Å². The zero-order valence-electron chi connectivity index (χ0n) is 22.0. The van der Waals surface area contributed by atoms with Crippen LogP contribution in [0, 0.1) is 5.92 Å². The van der Waals surface area contributed by atoms with E-state index in [1.54, 1.807) is 30.3 Å². The zero-order valence-corrected chi connectivity index (χ0v) is 23.5. The van der Waals surface area contributed by atoms with Crippen LogP contribution in [0.1, 0.15) is 47.2 Å². The first kappa shape index (κ1) is 29.8. The number of nitrogens with one attached hydrogen (secondary N) is 4. The van der Waals surface area contributed by atoms with Crippen molar-refractivity contribution in [1.82, 2.24) is 25.9 Å². The minimum atomic E-state index is -1.03. The number of aromatic amines is 1. The predicted molar refractivity (Wildman–Crippen MR) is 151 cm³/mol.